The van der Waals surface area contributed by atoms with E-state index in [0.29, 0.717) is 16.6 Å². The minimum Gasteiger partial charge on any atom is -0.327 e. The van der Waals surface area contributed by atoms with Gasteiger partial charge in [0, 0.05) is 22.0 Å². The third-order valence-corrected chi connectivity index (χ3v) is 3.76. The predicted molar refractivity (Wildman–Crippen MR) is 77.5 cm³/mol. The predicted octanol–water partition coefficient (Wildman–Crippen LogP) is 3.11. The van der Waals surface area contributed by atoms with Crippen LogP contribution in [0, 0.1) is 0 Å². The molecule has 4 nitrogen and oxygen atoms in total. The fourth-order valence-electron chi connectivity index (χ4n) is 2.08. The van der Waals surface area contributed by atoms with Crippen LogP contribution in [0.3, 0.4) is 0 Å². The Kier molecular flexibility index (Phi) is 4.80. The Hall–Kier alpha value is -1.10. The van der Waals surface area contributed by atoms with Gasteiger partial charge in [0.05, 0.1) is 6.54 Å². The van der Waals surface area contributed by atoms with Gasteiger partial charge in [-0.15, -0.1) is 0 Å². The highest BCUT2D eigenvalue weighted by Gasteiger charge is 2.22. The van der Waals surface area contributed by atoms with Crippen molar-refractivity contribution in [2.24, 2.45) is 5.73 Å². The molecule has 0 spiro atoms. The third kappa shape index (κ3) is 3.47. The molecule has 0 aliphatic heterocycles. The van der Waals surface area contributed by atoms with Crippen molar-refractivity contribution in [1.29, 1.82) is 0 Å². The molecule has 1 aromatic carbocycles. The van der Waals surface area contributed by atoms with Crippen molar-refractivity contribution in [3.63, 3.8) is 0 Å². The van der Waals surface area contributed by atoms with Gasteiger partial charge in [0.25, 0.3) is 0 Å². The van der Waals surface area contributed by atoms with Gasteiger partial charge < -0.3 is 5.73 Å². The van der Waals surface area contributed by atoms with E-state index in [-0.39, 0.29) is 12.0 Å². The zero-order valence-electron chi connectivity index (χ0n) is 10.6. The van der Waals surface area contributed by atoms with E-state index in [2.05, 4.69) is 17.0 Å². The van der Waals surface area contributed by atoms with Gasteiger partial charge >= 0.3 is 0 Å². The minimum absolute atomic E-state index is 0.00266. The van der Waals surface area contributed by atoms with E-state index in [1.54, 1.807) is 17.1 Å². The third-order valence-electron chi connectivity index (χ3n) is 3.20. The van der Waals surface area contributed by atoms with E-state index >= 15 is 0 Å². The summed E-state index contributed by atoms with van der Waals surface area (Å²) in [7, 11) is 0. The number of hydrogen-bond donors (Lipinski definition) is 1. The second-order valence-corrected chi connectivity index (χ2v) is 5.31. The van der Waals surface area contributed by atoms with Crippen molar-refractivity contribution in [2.45, 2.75) is 31.8 Å². The second kappa shape index (κ2) is 6.37. The summed E-state index contributed by atoms with van der Waals surface area (Å²) in [4.78, 5) is 3.95. The lowest BCUT2D eigenvalue weighted by molar-refractivity contribution is 0.433. The van der Waals surface area contributed by atoms with E-state index in [9.17, 15) is 0 Å². The maximum Gasteiger partial charge on any atom is 0.137 e. The monoisotopic (exact) mass is 298 g/mol. The second-order valence-electron chi connectivity index (χ2n) is 4.46. The number of halogens is 2. The highest BCUT2D eigenvalue weighted by atomic mass is 35.5. The molecule has 0 aliphatic carbocycles. The Morgan fingerprint density at radius 1 is 1.37 bits per heavy atom. The van der Waals surface area contributed by atoms with E-state index in [1.165, 1.54) is 6.33 Å². The molecule has 0 radical (unpaired) electrons. The van der Waals surface area contributed by atoms with Gasteiger partial charge in [-0.25, -0.2) is 4.98 Å². The lowest BCUT2D eigenvalue weighted by Gasteiger charge is -2.24. The lowest BCUT2D eigenvalue weighted by Crippen LogP contribution is -2.31. The summed E-state index contributed by atoms with van der Waals surface area (Å²) >= 11 is 12.2. The molecule has 2 unspecified atom stereocenters. The first-order valence-corrected chi connectivity index (χ1v) is 6.90. The van der Waals surface area contributed by atoms with Crippen LogP contribution >= 0.6 is 23.2 Å². The Morgan fingerprint density at radius 3 is 2.74 bits per heavy atom. The fourth-order valence-corrected chi connectivity index (χ4v) is 2.63. The maximum absolute atomic E-state index is 6.28. The fraction of sp³-hybridized carbons (Fsp3) is 0.385. The number of nitrogens with zero attached hydrogens (tertiary/aromatic N) is 3. The topological polar surface area (TPSA) is 56.7 Å². The summed E-state index contributed by atoms with van der Waals surface area (Å²) in [6.07, 6.45) is 4.05. The lowest BCUT2D eigenvalue weighted by atomic mass is 9.90. The Bertz CT molecular complexity index is 527. The van der Waals surface area contributed by atoms with Crippen molar-refractivity contribution in [2.75, 3.05) is 0 Å². The summed E-state index contributed by atoms with van der Waals surface area (Å²) in [6.45, 7) is 2.71. The molecule has 0 amide bonds. The van der Waals surface area contributed by atoms with E-state index in [4.69, 9.17) is 28.9 Å². The SMILES string of the molecule is CCC(N)C(Cn1cncn1)c1ccc(Cl)cc1Cl. The molecule has 1 aromatic heterocycles. The van der Waals surface area contributed by atoms with Gasteiger partial charge in [0.15, 0.2) is 0 Å². The average Bonchev–Trinajstić information content (AvgIpc) is 2.89. The molecule has 6 heteroatoms. The summed E-state index contributed by atoms with van der Waals surface area (Å²) in [5.74, 6) is 0.0801. The molecule has 0 saturated carbocycles. The van der Waals surface area contributed by atoms with Crippen molar-refractivity contribution < 1.29 is 0 Å². The molecule has 2 atom stereocenters. The zero-order valence-corrected chi connectivity index (χ0v) is 12.1. The number of aromatic nitrogens is 3. The molecule has 0 bridgehead atoms. The van der Waals surface area contributed by atoms with E-state index in [1.807, 2.05) is 12.1 Å². The van der Waals surface area contributed by atoms with Gasteiger partial charge in [-0.05, 0) is 24.1 Å². The summed E-state index contributed by atoms with van der Waals surface area (Å²) in [6, 6.07) is 5.51. The highest BCUT2D eigenvalue weighted by molar-refractivity contribution is 6.35. The van der Waals surface area contributed by atoms with Crippen LogP contribution in [0.5, 0.6) is 0 Å². The highest BCUT2D eigenvalue weighted by Crippen LogP contribution is 2.31. The molecule has 0 saturated heterocycles. The van der Waals surface area contributed by atoms with Crippen LogP contribution in [0.1, 0.15) is 24.8 Å². The zero-order chi connectivity index (χ0) is 13.8. The largest absolute Gasteiger partial charge is 0.327 e. The van der Waals surface area contributed by atoms with Crippen LogP contribution in [0.2, 0.25) is 10.0 Å². The first-order valence-electron chi connectivity index (χ1n) is 6.14. The first-order chi connectivity index (χ1) is 9.11. The van der Waals surface area contributed by atoms with Gasteiger partial charge in [-0.1, -0.05) is 36.2 Å². The minimum atomic E-state index is 0.00266. The number of benzene rings is 1. The standard InChI is InChI=1S/C13H16Cl2N4/c1-2-13(16)11(6-19-8-17-7-18-19)10-4-3-9(14)5-12(10)15/h3-5,7-8,11,13H,2,6,16H2,1H3. The van der Waals surface area contributed by atoms with Crippen molar-refractivity contribution in [1.82, 2.24) is 14.8 Å². The normalized spacial score (nSPS) is 14.3. The Morgan fingerprint density at radius 2 is 2.16 bits per heavy atom. The molecular formula is C13H16Cl2N4. The summed E-state index contributed by atoms with van der Waals surface area (Å²) in [5.41, 5.74) is 7.22. The van der Waals surface area contributed by atoms with Crippen LogP contribution < -0.4 is 5.73 Å². The van der Waals surface area contributed by atoms with Gasteiger partial charge in [-0.3, -0.25) is 4.68 Å². The summed E-state index contributed by atoms with van der Waals surface area (Å²) in [5, 5.41) is 5.39. The molecule has 2 aromatic rings. The van der Waals surface area contributed by atoms with Crippen LogP contribution in [0.25, 0.3) is 0 Å². The van der Waals surface area contributed by atoms with Gasteiger partial charge in [-0.2, -0.15) is 5.10 Å². The number of hydrogen-bond acceptors (Lipinski definition) is 3. The van der Waals surface area contributed by atoms with Gasteiger partial charge in [0.1, 0.15) is 12.7 Å². The molecule has 0 aliphatic rings. The molecule has 102 valence electrons. The van der Waals surface area contributed by atoms with Crippen molar-refractivity contribution in [3.8, 4) is 0 Å². The van der Waals surface area contributed by atoms with Crippen LogP contribution in [-0.2, 0) is 6.54 Å². The maximum atomic E-state index is 6.28. The van der Waals surface area contributed by atoms with Crippen molar-refractivity contribution >= 4 is 23.2 Å². The molecule has 2 N–H and O–H groups in total. The Labute approximate surface area is 122 Å². The molecule has 19 heavy (non-hydrogen) atoms. The average molecular weight is 299 g/mol. The van der Waals surface area contributed by atoms with Crippen LogP contribution in [-0.4, -0.2) is 20.8 Å². The van der Waals surface area contributed by atoms with Crippen LogP contribution in [0.4, 0.5) is 0 Å². The van der Waals surface area contributed by atoms with E-state index in [0.717, 1.165) is 12.0 Å². The van der Waals surface area contributed by atoms with Gasteiger partial charge in [0.2, 0.25) is 0 Å². The molecule has 1 heterocycles. The van der Waals surface area contributed by atoms with Crippen molar-refractivity contribution in [3.05, 3.63) is 46.5 Å². The van der Waals surface area contributed by atoms with E-state index < -0.39 is 0 Å². The Balaban J connectivity index is 2.31. The number of rotatable bonds is 5. The first kappa shape index (κ1) is 14.3. The molecular weight excluding hydrogens is 283 g/mol. The quantitative estimate of drug-likeness (QED) is 0.923. The molecule has 2 rings (SSSR count). The summed E-state index contributed by atoms with van der Waals surface area (Å²) < 4.78 is 1.77. The van der Waals surface area contributed by atoms with Crippen LogP contribution in [0.15, 0.2) is 30.9 Å². The smallest absolute Gasteiger partial charge is 0.137 e. The number of nitrogens with two attached hydrogens (primary N) is 1. The molecule has 0 fully saturated rings.